The minimum Gasteiger partial charge on any atom is -0.337 e. The fourth-order valence-electron chi connectivity index (χ4n) is 4.01. The van der Waals surface area contributed by atoms with Crippen LogP contribution in [0, 0.1) is 6.92 Å². The minimum absolute atomic E-state index is 0.0751. The van der Waals surface area contributed by atoms with Gasteiger partial charge in [-0.15, -0.1) is 5.10 Å². The standard InChI is InChI=1S/C20H24FN5O2/c1-14-5-4-6-15(9-14)19(27)26-11-16(21)10-17(26)12-25-13-18(22-23-25)20(28)24-7-2-3-8-24/h4-6,9,13,16-17H,2-3,7-8,10-12H2,1H3/t16-,17-/m0/s1. The topological polar surface area (TPSA) is 71.3 Å². The smallest absolute Gasteiger partial charge is 0.276 e. The number of carbonyl (C=O) groups excluding carboxylic acids is 2. The molecule has 1 aromatic carbocycles. The van der Waals surface area contributed by atoms with Crippen molar-refractivity contribution in [3.8, 4) is 0 Å². The Kier molecular flexibility index (Phi) is 5.11. The number of carbonyl (C=O) groups is 2. The highest BCUT2D eigenvalue weighted by Crippen LogP contribution is 2.24. The van der Waals surface area contributed by atoms with Crippen LogP contribution in [0.1, 0.15) is 45.7 Å². The Bertz CT molecular complexity index is 877. The largest absolute Gasteiger partial charge is 0.337 e. The Labute approximate surface area is 163 Å². The number of hydrogen-bond acceptors (Lipinski definition) is 4. The molecule has 2 aromatic rings. The summed E-state index contributed by atoms with van der Waals surface area (Å²) in [4.78, 5) is 28.7. The van der Waals surface area contributed by atoms with E-state index in [4.69, 9.17) is 0 Å². The highest BCUT2D eigenvalue weighted by Gasteiger charge is 2.36. The molecule has 28 heavy (non-hydrogen) atoms. The van der Waals surface area contributed by atoms with Crippen LogP contribution in [0.3, 0.4) is 0 Å². The maximum Gasteiger partial charge on any atom is 0.276 e. The van der Waals surface area contributed by atoms with E-state index in [9.17, 15) is 14.0 Å². The van der Waals surface area contributed by atoms with Gasteiger partial charge in [0.2, 0.25) is 0 Å². The second-order valence-electron chi connectivity index (χ2n) is 7.64. The molecule has 2 amide bonds. The minimum atomic E-state index is -1.06. The van der Waals surface area contributed by atoms with Crippen LogP contribution in [0.15, 0.2) is 30.5 Å². The zero-order chi connectivity index (χ0) is 19.7. The number of aromatic nitrogens is 3. The summed E-state index contributed by atoms with van der Waals surface area (Å²) in [5, 5.41) is 8.02. The number of likely N-dealkylation sites (tertiary alicyclic amines) is 2. The van der Waals surface area contributed by atoms with Gasteiger partial charge in [-0.2, -0.15) is 0 Å². The van der Waals surface area contributed by atoms with Gasteiger partial charge in [-0.25, -0.2) is 9.07 Å². The molecule has 3 heterocycles. The Hall–Kier alpha value is -2.77. The third-order valence-corrected chi connectivity index (χ3v) is 5.44. The molecule has 2 aliphatic rings. The van der Waals surface area contributed by atoms with Crippen LogP contribution in [0.4, 0.5) is 4.39 Å². The third-order valence-electron chi connectivity index (χ3n) is 5.44. The zero-order valence-corrected chi connectivity index (χ0v) is 15.9. The normalized spacial score (nSPS) is 22.1. The molecule has 2 atom stereocenters. The Morgan fingerprint density at radius 2 is 2.00 bits per heavy atom. The van der Waals surface area contributed by atoms with Crippen LogP contribution in [0.25, 0.3) is 0 Å². The maximum absolute atomic E-state index is 14.1. The van der Waals surface area contributed by atoms with Crippen molar-refractivity contribution in [2.24, 2.45) is 0 Å². The molecule has 8 heteroatoms. The summed E-state index contributed by atoms with van der Waals surface area (Å²) in [5.74, 6) is -0.298. The number of halogens is 1. The second kappa shape index (κ2) is 7.69. The summed E-state index contributed by atoms with van der Waals surface area (Å²) in [7, 11) is 0. The number of benzene rings is 1. The Morgan fingerprint density at radius 3 is 2.75 bits per heavy atom. The predicted octanol–water partition coefficient (Wildman–Crippen LogP) is 2.08. The molecule has 148 valence electrons. The monoisotopic (exact) mass is 385 g/mol. The van der Waals surface area contributed by atoms with Gasteiger partial charge in [0.05, 0.1) is 25.3 Å². The SMILES string of the molecule is Cc1cccc(C(=O)N2C[C@@H](F)C[C@H]2Cn2cc(C(=O)N3CCCC3)nn2)c1. The summed E-state index contributed by atoms with van der Waals surface area (Å²) >= 11 is 0. The summed E-state index contributed by atoms with van der Waals surface area (Å²) in [6.45, 7) is 3.81. The van der Waals surface area contributed by atoms with Gasteiger partial charge >= 0.3 is 0 Å². The summed E-state index contributed by atoms with van der Waals surface area (Å²) in [5.41, 5.74) is 1.84. The molecule has 0 N–H and O–H groups in total. The van der Waals surface area contributed by atoms with Crippen LogP contribution in [-0.4, -0.2) is 68.5 Å². The van der Waals surface area contributed by atoms with Crippen molar-refractivity contribution >= 4 is 11.8 Å². The molecule has 2 fully saturated rings. The van der Waals surface area contributed by atoms with Gasteiger partial charge in [0.1, 0.15) is 6.17 Å². The molecule has 0 aliphatic carbocycles. The lowest BCUT2D eigenvalue weighted by Crippen LogP contribution is -2.38. The van der Waals surface area contributed by atoms with Gasteiger partial charge in [-0.05, 0) is 31.9 Å². The van der Waals surface area contributed by atoms with Crippen molar-refractivity contribution in [2.75, 3.05) is 19.6 Å². The lowest BCUT2D eigenvalue weighted by Gasteiger charge is -2.24. The van der Waals surface area contributed by atoms with E-state index in [0.717, 1.165) is 31.5 Å². The van der Waals surface area contributed by atoms with Crippen molar-refractivity contribution in [3.05, 3.63) is 47.3 Å². The number of amides is 2. The number of hydrogen-bond donors (Lipinski definition) is 0. The molecule has 2 saturated heterocycles. The first-order valence-electron chi connectivity index (χ1n) is 9.72. The van der Waals surface area contributed by atoms with Crippen molar-refractivity contribution in [1.82, 2.24) is 24.8 Å². The molecular weight excluding hydrogens is 361 g/mol. The van der Waals surface area contributed by atoms with Gasteiger partial charge in [-0.3, -0.25) is 9.59 Å². The van der Waals surface area contributed by atoms with Crippen LogP contribution in [0.2, 0.25) is 0 Å². The molecule has 7 nitrogen and oxygen atoms in total. The first kappa shape index (κ1) is 18.6. The van der Waals surface area contributed by atoms with Gasteiger partial charge < -0.3 is 9.80 Å². The second-order valence-corrected chi connectivity index (χ2v) is 7.64. The molecule has 0 radical (unpaired) electrons. The number of aryl methyl sites for hydroxylation is 1. The lowest BCUT2D eigenvalue weighted by molar-refractivity contribution is 0.0713. The quantitative estimate of drug-likeness (QED) is 0.808. The molecule has 4 rings (SSSR count). The Balaban J connectivity index is 1.47. The molecule has 1 aromatic heterocycles. The zero-order valence-electron chi connectivity index (χ0n) is 15.9. The van der Waals surface area contributed by atoms with Crippen LogP contribution >= 0.6 is 0 Å². The van der Waals surface area contributed by atoms with Crippen LogP contribution in [0.5, 0.6) is 0 Å². The first-order chi connectivity index (χ1) is 13.5. The number of alkyl halides is 1. The van der Waals surface area contributed by atoms with Crippen molar-refractivity contribution in [3.63, 3.8) is 0 Å². The van der Waals surface area contributed by atoms with Crippen LogP contribution in [-0.2, 0) is 6.54 Å². The molecule has 0 saturated carbocycles. The van der Waals surface area contributed by atoms with E-state index >= 15 is 0 Å². The van der Waals surface area contributed by atoms with E-state index in [0.29, 0.717) is 17.8 Å². The molecule has 0 spiro atoms. The molecule has 0 unspecified atom stereocenters. The highest BCUT2D eigenvalue weighted by molar-refractivity contribution is 5.95. The van der Waals surface area contributed by atoms with Gasteiger partial charge in [0.25, 0.3) is 11.8 Å². The first-order valence-corrected chi connectivity index (χ1v) is 9.72. The fourth-order valence-corrected chi connectivity index (χ4v) is 4.01. The number of nitrogens with zero attached hydrogens (tertiary/aromatic N) is 5. The van der Waals surface area contributed by atoms with Crippen molar-refractivity contribution in [2.45, 2.75) is 44.9 Å². The average molecular weight is 385 g/mol. The van der Waals surface area contributed by atoms with Crippen LogP contribution < -0.4 is 0 Å². The van der Waals surface area contributed by atoms with Crippen molar-refractivity contribution in [1.29, 1.82) is 0 Å². The Morgan fingerprint density at radius 1 is 1.21 bits per heavy atom. The summed E-state index contributed by atoms with van der Waals surface area (Å²) in [6, 6.07) is 6.99. The van der Waals surface area contributed by atoms with Gasteiger partial charge in [0, 0.05) is 25.1 Å². The van der Waals surface area contributed by atoms with Gasteiger partial charge in [0.15, 0.2) is 5.69 Å². The van der Waals surface area contributed by atoms with Gasteiger partial charge in [-0.1, -0.05) is 22.9 Å². The van der Waals surface area contributed by atoms with E-state index in [1.807, 2.05) is 25.1 Å². The molecular formula is C20H24FN5O2. The highest BCUT2D eigenvalue weighted by atomic mass is 19.1. The third kappa shape index (κ3) is 3.76. The summed E-state index contributed by atoms with van der Waals surface area (Å²) < 4.78 is 15.7. The molecule has 0 bridgehead atoms. The van der Waals surface area contributed by atoms with Crippen molar-refractivity contribution < 1.29 is 14.0 Å². The van der Waals surface area contributed by atoms with E-state index in [-0.39, 0.29) is 30.8 Å². The summed E-state index contributed by atoms with van der Waals surface area (Å²) in [6.07, 6.45) is 2.81. The average Bonchev–Trinajstić information content (AvgIpc) is 3.42. The van der Waals surface area contributed by atoms with E-state index in [1.165, 1.54) is 0 Å². The molecule has 2 aliphatic heterocycles. The van der Waals surface area contributed by atoms with E-state index < -0.39 is 6.17 Å². The maximum atomic E-state index is 14.1. The lowest BCUT2D eigenvalue weighted by atomic mass is 10.1. The number of rotatable bonds is 4. The van der Waals surface area contributed by atoms with E-state index in [2.05, 4.69) is 10.3 Å². The predicted molar refractivity (Wildman–Crippen MR) is 101 cm³/mol. The van der Waals surface area contributed by atoms with E-state index in [1.54, 1.807) is 26.7 Å². The fraction of sp³-hybridized carbons (Fsp3) is 0.500.